The van der Waals surface area contributed by atoms with Gasteiger partial charge in [-0.05, 0) is 29.8 Å². The minimum atomic E-state index is -0.560. The Morgan fingerprint density at radius 2 is 1.91 bits per heavy atom. The molecule has 0 amide bonds. The van der Waals surface area contributed by atoms with Gasteiger partial charge < -0.3 is 5.21 Å². The molecule has 7 heteroatoms. The van der Waals surface area contributed by atoms with Crippen molar-refractivity contribution in [1.82, 2.24) is 9.71 Å². The van der Waals surface area contributed by atoms with Crippen LogP contribution in [0.15, 0.2) is 58.4 Å². The molecule has 0 saturated heterocycles. The van der Waals surface area contributed by atoms with Gasteiger partial charge in [-0.3, -0.25) is 4.79 Å². The van der Waals surface area contributed by atoms with E-state index < -0.39 is 5.56 Å². The number of fused-ring (bicyclic) bond motifs is 1. The number of nitrogens with one attached hydrogen (secondary N) is 1. The normalized spacial score (nSPS) is 11.1. The van der Waals surface area contributed by atoms with Crippen molar-refractivity contribution >= 4 is 34.7 Å². The lowest BCUT2D eigenvalue weighted by atomic mass is 10.2. The van der Waals surface area contributed by atoms with E-state index in [1.54, 1.807) is 48.5 Å². The third-order valence-electron chi connectivity index (χ3n) is 3.00. The van der Waals surface area contributed by atoms with E-state index in [1.165, 1.54) is 6.21 Å². The number of hydrogen-bond donors (Lipinski definition) is 2. The Labute approximate surface area is 130 Å². The van der Waals surface area contributed by atoms with Gasteiger partial charge in [0.05, 0.1) is 17.1 Å². The maximum Gasteiger partial charge on any atom is 0.295 e. The van der Waals surface area contributed by atoms with Gasteiger partial charge in [0.1, 0.15) is 0 Å². The lowest BCUT2D eigenvalue weighted by Gasteiger charge is -2.06. The summed E-state index contributed by atoms with van der Waals surface area (Å²) in [5.41, 5.74) is 3.27. The first-order valence-corrected chi connectivity index (χ1v) is 6.78. The average Bonchev–Trinajstić information content (AvgIpc) is 2.54. The summed E-state index contributed by atoms with van der Waals surface area (Å²) in [5, 5.41) is 14.7. The summed E-state index contributed by atoms with van der Waals surface area (Å²) < 4.78 is 0.432. The van der Waals surface area contributed by atoms with Crippen molar-refractivity contribution < 1.29 is 5.21 Å². The van der Waals surface area contributed by atoms with Crippen LogP contribution in [0.4, 0.5) is 5.95 Å². The van der Waals surface area contributed by atoms with Gasteiger partial charge in [0.2, 0.25) is 0 Å². The number of nitrogens with zero attached hydrogens (tertiary/aromatic N) is 3. The van der Waals surface area contributed by atoms with Crippen LogP contribution in [0.25, 0.3) is 10.9 Å². The number of para-hydroxylation sites is 1. The van der Waals surface area contributed by atoms with E-state index in [2.05, 4.69) is 15.5 Å². The summed E-state index contributed by atoms with van der Waals surface area (Å²) in [4.78, 5) is 16.1. The van der Waals surface area contributed by atoms with E-state index in [-0.39, 0.29) is 5.95 Å². The maximum atomic E-state index is 12.0. The largest absolute Gasteiger partial charge is 0.422 e. The van der Waals surface area contributed by atoms with Crippen molar-refractivity contribution in [2.75, 3.05) is 5.43 Å². The quantitative estimate of drug-likeness (QED) is 0.442. The fraction of sp³-hybridized carbons (Fsp3) is 0. The highest BCUT2D eigenvalue weighted by atomic mass is 35.5. The SMILES string of the molecule is O=c1c2ccccc2nc(N/N=C\c2ccc(Cl)cc2)n1O. The van der Waals surface area contributed by atoms with Crippen LogP contribution >= 0.6 is 11.6 Å². The highest BCUT2D eigenvalue weighted by molar-refractivity contribution is 6.30. The predicted octanol–water partition coefficient (Wildman–Crippen LogP) is 2.73. The van der Waals surface area contributed by atoms with Crippen molar-refractivity contribution in [2.45, 2.75) is 0 Å². The number of halogens is 1. The van der Waals surface area contributed by atoms with Gasteiger partial charge in [-0.2, -0.15) is 5.10 Å². The molecule has 0 saturated carbocycles. The molecule has 3 aromatic rings. The lowest BCUT2D eigenvalue weighted by molar-refractivity contribution is 0.179. The van der Waals surface area contributed by atoms with Gasteiger partial charge >= 0.3 is 0 Å². The molecule has 0 bridgehead atoms. The predicted molar refractivity (Wildman–Crippen MR) is 85.9 cm³/mol. The Balaban J connectivity index is 1.89. The van der Waals surface area contributed by atoms with Crippen molar-refractivity contribution in [3.63, 3.8) is 0 Å². The standard InChI is InChI=1S/C15H11ClN4O2/c16-11-7-5-10(6-8-11)9-17-19-15-18-13-4-2-1-3-12(13)14(21)20(15)22/h1-9,22H,(H,18,19)/b17-9-. The second-order valence-corrected chi connectivity index (χ2v) is 4.93. The summed E-state index contributed by atoms with van der Waals surface area (Å²) in [5.74, 6) is -0.0612. The summed E-state index contributed by atoms with van der Waals surface area (Å²) in [7, 11) is 0. The number of rotatable bonds is 3. The molecule has 0 aliphatic carbocycles. The van der Waals surface area contributed by atoms with E-state index >= 15 is 0 Å². The van der Waals surface area contributed by atoms with Crippen LogP contribution in [0.1, 0.15) is 5.56 Å². The first-order valence-electron chi connectivity index (χ1n) is 6.41. The summed E-state index contributed by atoms with van der Waals surface area (Å²) >= 11 is 5.79. The molecule has 2 aromatic carbocycles. The van der Waals surface area contributed by atoms with Crippen molar-refractivity contribution in [3.8, 4) is 0 Å². The highest BCUT2D eigenvalue weighted by Gasteiger charge is 2.08. The Morgan fingerprint density at radius 1 is 1.18 bits per heavy atom. The summed E-state index contributed by atoms with van der Waals surface area (Å²) in [6, 6.07) is 13.8. The van der Waals surface area contributed by atoms with Crippen LogP contribution < -0.4 is 11.0 Å². The molecule has 6 nitrogen and oxygen atoms in total. The third-order valence-corrected chi connectivity index (χ3v) is 3.25. The zero-order valence-corrected chi connectivity index (χ0v) is 12.0. The van der Waals surface area contributed by atoms with Crippen LogP contribution in [0.2, 0.25) is 5.02 Å². The number of benzene rings is 2. The van der Waals surface area contributed by atoms with E-state index in [0.717, 1.165) is 5.56 Å². The van der Waals surface area contributed by atoms with Gasteiger partial charge in [-0.1, -0.05) is 35.9 Å². The van der Waals surface area contributed by atoms with Crippen LogP contribution in [0.3, 0.4) is 0 Å². The molecule has 2 N–H and O–H groups in total. The fourth-order valence-electron chi connectivity index (χ4n) is 1.91. The van der Waals surface area contributed by atoms with Gasteiger partial charge in [-0.15, -0.1) is 4.73 Å². The Kier molecular flexibility index (Phi) is 3.76. The van der Waals surface area contributed by atoms with Gasteiger partial charge in [0.25, 0.3) is 11.5 Å². The Bertz CT molecular complexity index is 904. The molecular weight excluding hydrogens is 304 g/mol. The molecule has 3 rings (SSSR count). The minimum Gasteiger partial charge on any atom is -0.422 e. The molecule has 1 aromatic heterocycles. The van der Waals surface area contributed by atoms with E-state index in [9.17, 15) is 10.0 Å². The van der Waals surface area contributed by atoms with Crippen molar-refractivity contribution in [2.24, 2.45) is 5.10 Å². The second-order valence-electron chi connectivity index (χ2n) is 4.49. The fourth-order valence-corrected chi connectivity index (χ4v) is 2.04. The van der Waals surface area contributed by atoms with E-state index in [4.69, 9.17) is 11.6 Å². The number of hydrogen-bond acceptors (Lipinski definition) is 5. The molecule has 0 aliphatic heterocycles. The topological polar surface area (TPSA) is 79.5 Å². The van der Waals surface area contributed by atoms with Crippen LogP contribution in [0, 0.1) is 0 Å². The third kappa shape index (κ3) is 2.77. The summed E-state index contributed by atoms with van der Waals surface area (Å²) in [6.07, 6.45) is 1.53. The molecule has 0 aliphatic rings. The smallest absolute Gasteiger partial charge is 0.295 e. The molecule has 0 atom stereocenters. The maximum absolute atomic E-state index is 12.0. The molecule has 1 heterocycles. The average molecular weight is 315 g/mol. The van der Waals surface area contributed by atoms with Crippen molar-refractivity contribution in [1.29, 1.82) is 0 Å². The van der Waals surface area contributed by atoms with Crippen LogP contribution in [-0.2, 0) is 0 Å². The van der Waals surface area contributed by atoms with Crippen molar-refractivity contribution in [3.05, 3.63) is 69.5 Å². The van der Waals surface area contributed by atoms with E-state index in [0.29, 0.717) is 20.7 Å². The molecule has 0 spiro atoms. The molecule has 0 fully saturated rings. The highest BCUT2D eigenvalue weighted by Crippen LogP contribution is 2.10. The Hall–Kier alpha value is -2.86. The van der Waals surface area contributed by atoms with Crippen LogP contribution in [-0.4, -0.2) is 21.1 Å². The molecule has 110 valence electrons. The number of anilines is 1. The van der Waals surface area contributed by atoms with E-state index in [1.807, 2.05) is 0 Å². The monoisotopic (exact) mass is 314 g/mol. The molecule has 22 heavy (non-hydrogen) atoms. The summed E-state index contributed by atoms with van der Waals surface area (Å²) in [6.45, 7) is 0. The van der Waals surface area contributed by atoms with Gasteiger partial charge in [-0.25, -0.2) is 10.4 Å². The Morgan fingerprint density at radius 3 is 2.68 bits per heavy atom. The zero-order valence-electron chi connectivity index (χ0n) is 11.3. The first-order chi connectivity index (χ1) is 10.6. The second kappa shape index (κ2) is 5.87. The lowest BCUT2D eigenvalue weighted by Crippen LogP contribution is -2.22. The minimum absolute atomic E-state index is 0.0612. The van der Waals surface area contributed by atoms with Crippen LogP contribution in [0.5, 0.6) is 0 Å². The van der Waals surface area contributed by atoms with Gasteiger partial charge in [0, 0.05) is 5.02 Å². The number of aromatic nitrogens is 2. The molecular formula is C15H11ClN4O2. The molecule has 0 unspecified atom stereocenters. The first kappa shape index (κ1) is 14.1. The van der Waals surface area contributed by atoms with Gasteiger partial charge in [0.15, 0.2) is 0 Å². The zero-order chi connectivity index (χ0) is 15.5. The number of hydrazone groups is 1. The molecule has 0 radical (unpaired) electrons.